The zero-order valence-electron chi connectivity index (χ0n) is 11.6. The van der Waals surface area contributed by atoms with E-state index in [1.807, 2.05) is 48.5 Å². The minimum Gasteiger partial charge on any atom is -0.399 e. The van der Waals surface area contributed by atoms with Crippen LogP contribution in [0.25, 0.3) is 0 Å². The van der Waals surface area contributed by atoms with Crippen molar-refractivity contribution in [3.8, 4) is 0 Å². The minimum atomic E-state index is -3.35. The van der Waals surface area contributed by atoms with Crippen LogP contribution in [0.3, 0.4) is 0 Å². The molecule has 0 spiro atoms. The number of sulfonamides is 1. The highest BCUT2D eigenvalue weighted by molar-refractivity contribution is 7.88. The number of anilines is 1. The van der Waals surface area contributed by atoms with E-state index in [0.717, 1.165) is 35.2 Å². The summed E-state index contributed by atoms with van der Waals surface area (Å²) in [5, 5.41) is 0. The highest BCUT2D eigenvalue weighted by Crippen LogP contribution is 2.33. The molecular weight excluding hydrogens is 284 g/mol. The highest BCUT2D eigenvalue weighted by Gasteiger charge is 2.26. The second-order valence-electron chi connectivity index (χ2n) is 5.41. The molecule has 0 amide bonds. The fourth-order valence-corrected chi connectivity index (χ4v) is 4.20. The Hall–Kier alpha value is -1.85. The minimum absolute atomic E-state index is 0.00858. The van der Waals surface area contributed by atoms with E-state index in [1.165, 1.54) is 0 Å². The molecule has 21 heavy (non-hydrogen) atoms. The van der Waals surface area contributed by atoms with Crippen LogP contribution in [0.1, 0.15) is 29.2 Å². The summed E-state index contributed by atoms with van der Waals surface area (Å²) >= 11 is 0. The average molecular weight is 302 g/mol. The third-order valence-corrected chi connectivity index (χ3v) is 5.12. The SMILES string of the molecule is Nc1ccc2c(c1)CCC2NS(=O)(=O)Cc1ccccc1. The van der Waals surface area contributed by atoms with Crippen LogP contribution in [0.5, 0.6) is 0 Å². The van der Waals surface area contributed by atoms with E-state index in [2.05, 4.69) is 4.72 Å². The predicted molar refractivity (Wildman–Crippen MR) is 84.1 cm³/mol. The fraction of sp³-hybridized carbons (Fsp3) is 0.250. The van der Waals surface area contributed by atoms with E-state index in [-0.39, 0.29) is 11.8 Å². The summed E-state index contributed by atoms with van der Waals surface area (Å²) in [6.45, 7) is 0. The third-order valence-electron chi connectivity index (χ3n) is 3.77. The van der Waals surface area contributed by atoms with Crippen LogP contribution in [0.15, 0.2) is 48.5 Å². The first-order valence-electron chi connectivity index (χ1n) is 6.96. The molecule has 0 saturated carbocycles. The smallest absolute Gasteiger partial charge is 0.216 e. The first kappa shape index (κ1) is 14.1. The lowest BCUT2D eigenvalue weighted by molar-refractivity contribution is 0.553. The zero-order valence-corrected chi connectivity index (χ0v) is 12.4. The van der Waals surface area contributed by atoms with Gasteiger partial charge in [-0.25, -0.2) is 13.1 Å². The molecule has 0 aliphatic heterocycles. The molecule has 3 N–H and O–H groups in total. The molecule has 5 heteroatoms. The van der Waals surface area contributed by atoms with Crippen LogP contribution in [-0.4, -0.2) is 8.42 Å². The number of benzene rings is 2. The molecule has 1 atom stereocenters. The van der Waals surface area contributed by atoms with Gasteiger partial charge in [0.15, 0.2) is 0 Å². The van der Waals surface area contributed by atoms with Crippen LogP contribution in [0, 0.1) is 0 Å². The Balaban J connectivity index is 1.76. The van der Waals surface area contributed by atoms with Crippen molar-refractivity contribution in [3.05, 3.63) is 65.2 Å². The van der Waals surface area contributed by atoms with Crippen LogP contribution >= 0.6 is 0 Å². The summed E-state index contributed by atoms with van der Waals surface area (Å²) in [5.41, 5.74) is 9.47. The van der Waals surface area contributed by atoms with Gasteiger partial charge in [-0.3, -0.25) is 0 Å². The first-order chi connectivity index (χ1) is 10.0. The average Bonchev–Trinajstić information content (AvgIpc) is 2.81. The van der Waals surface area contributed by atoms with Gasteiger partial charge >= 0.3 is 0 Å². The molecule has 2 aromatic rings. The van der Waals surface area contributed by atoms with Gasteiger partial charge in [0.2, 0.25) is 10.0 Å². The van der Waals surface area contributed by atoms with Gasteiger partial charge in [0.1, 0.15) is 0 Å². The first-order valence-corrected chi connectivity index (χ1v) is 8.61. The van der Waals surface area contributed by atoms with Crippen molar-refractivity contribution >= 4 is 15.7 Å². The molecule has 0 saturated heterocycles. The normalized spacial score (nSPS) is 17.6. The quantitative estimate of drug-likeness (QED) is 0.852. The Morgan fingerprint density at radius 1 is 1.14 bits per heavy atom. The third kappa shape index (κ3) is 3.25. The summed E-state index contributed by atoms with van der Waals surface area (Å²) in [6.07, 6.45) is 1.64. The molecule has 4 nitrogen and oxygen atoms in total. The molecule has 0 radical (unpaired) electrons. The number of fused-ring (bicyclic) bond motifs is 1. The van der Waals surface area contributed by atoms with Gasteiger partial charge in [0.25, 0.3) is 0 Å². The maximum Gasteiger partial charge on any atom is 0.216 e. The largest absolute Gasteiger partial charge is 0.399 e. The maximum atomic E-state index is 12.3. The van der Waals surface area contributed by atoms with Crippen LogP contribution in [0.4, 0.5) is 5.69 Å². The monoisotopic (exact) mass is 302 g/mol. The number of aryl methyl sites for hydroxylation is 1. The number of hydrogen-bond donors (Lipinski definition) is 2. The van der Waals surface area contributed by atoms with E-state index < -0.39 is 10.0 Å². The standard InChI is InChI=1S/C16H18N2O2S/c17-14-7-8-15-13(10-14)6-9-16(15)18-21(19,20)11-12-4-2-1-3-5-12/h1-5,7-8,10,16,18H,6,9,11,17H2. The summed E-state index contributed by atoms with van der Waals surface area (Å²) < 4.78 is 27.4. The lowest BCUT2D eigenvalue weighted by Crippen LogP contribution is -2.28. The number of nitrogens with one attached hydrogen (secondary N) is 1. The summed E-state index contributed by atoms with van der Waals surface area (Å²) in [5.74, 6) is 0.00858. The van der Waals surface area contributed by atoms with Gasteiger partial charge in [-0.1, -0.05) is 36.4 Å². The Labute approximate surface area is 125 Å². The second kappa shape index (κ2) is 5.50. The molecule has 1 aliphatic carbocycles. The number of nitrogen functional groups attached to an aromatic ring is 1. The summed E-state index contributed by atoms with van der Waals surface area (Å²) in [6, 6.07) is 14.7. The fourth-order valence-electron chi connectivity index (χ4n) is 2.81. The Bertz CT molecular complexity index is 742. The Morgan fingerprint density at radius 3 is 2.67 bits per heavy atom. The van der Waals surface area contributed by atoms with Crippen LogP contribution < -0.4 is 10.5 Å². The van der Waals surface area contributed by atoms with Gasteiger partial charge in [-0.2, -0.15) is 0 Å². The molecule has 1 unspecified atom stereocenters. The lowest BCUT2D eigenvalue weighted by Gasteiger charge is -2.14. The second-order valence-corrected chi connectivity index (χ2v) is 7.17. The zero-order chi connectivity index (χ0) is 14.9. The number of hydrogen-bond acceptors (Lipinski definition) is 3. The van der Waals surface area contributed by atoms with Crippen molar-refractivity contribution in [1.82, 2.24) is 4.72 Å². The number of nitrogens with two attached hydrogens (primary N) is 1. The van der Waals surface area contributed by atoms with Crippen LogP contribution in [-0.2, 0) is 22.2 Å². The topological polar surface area (TPSA) is 72.2 Å². The van der Waals surface area contributed by atoms with E-state index >= 15 is 0 Å². The van der Waals surface area contributed by atoms with Crippen LogP contribution in [0.2, 0.25) is 0 Å². The molecule has 1 aliphatic rings. The highest BCUT2D eigenvalue weighted by atomic mass is 32.2. The predicted octanol–water partition coefficient (Wildman–Crippen LogP) is 2.38. The van der Waals surface area contributed by atoms with Gasteiger partial charge in [0, 0.05) is 11.7 Å². The van der Waals surface area contributed by atoms with E-state index in [1.54, 1.807) is 0 Å². The molecule has 0 fully saturated rings. The molecule has 2 aromatic carbocycles. The Kier molecular flexibility index (Phi) is 3.69. The lowest BCUT2D eigenvalue weighted by atomic mass is 10.1. The van der Waals surface area contributed by atoms with Crippen molar-refractivity contribution < 1.29 is 8.42 Å². The van der Waals surface area contributed by atoms with Crippen molar-refractivity contribution in [2.45, 2.75) is 24.6 Å². The molecule has 0 bridgehead atoms. The van der Waals surface area contributed by atoms with Gasteiger partial charge in [-0.05, 0) is 41.7 Å². The number of rotatable bonds is 4. The Morgan fingerprint density at radius 2 is 1.90 bits per heavy atom. The molecule has 0 heterocycles. The van der Waals surface area contributed by atoms with E-state index in [9.17, 15) is 8.42 Å². The summed E-state index contributed by atoms with van der Waals surface area (Å²) in [4.78, 5) is 0. The van der Waals surface area contributed by atoms with E-state index in [4.69, 9.17) is 5.73 Å². The van der Waals surface area contributed by atoms with Gasteiger partial charge in [-0.15, -0.1) is 0 Å². The van der Waals surface area contributed by atoms with E-state index in [0.29, 0.717) is 0 Å². The van der Waals surface area contributed by atoms with Gasteiger partial charge in [0.05, 0.1) is 5.75 Å². The maximum absolute atomic E-state index is 12.3. The van der Waals surface area contributed by atoms with Crippen molar-refractivity contribution in [1.29, 1.82) is 0 Å². The molecule has 3 rings (SSSR count). The van der Waals surface area contributed by atoms with Crippen molar-refractivity contribution in [2.75, 3.05) is 5.73 Å². The molecular formula is C16H18N2O2S. The molecule has 0 aromatic heterocycles. The molecule has 110 valence electrons. The van der Waals surface area contributed by atoms with Crippen molar-refractivity contribution in [3.63, 3.8) is 0 Å². The van der Waals surface area contributed by atoms with Crippen molar-refractivity contribution in [2.24, 2.45) is 0 Å². The van der Waals surface area contributed by atoms with Gasteiger partial charge < -0.3 is 5.73 Å². The summed E-state index contributed by atoms with van der Waals surface area (Å²) in [7, 11) is -3.35.